The summed E-state index contributed by atoms with van der Waals surface area (Å²) in [7, 11) is 0. The minimum atomic E-state index is 0.0794. The number of nitrogens with two attached hydrogens (primary N) is 1. The van der Waals surface area contributed by atoms with Crippen molar-refractivity contribution >= 4 is 27.7 Å². The molecule has 2 N–H and O–H groups in total. The molecule has 0 amide bonds. The summed E-state index contributed by atoms with van der Waals surface area (Å²) >= 11 is 5.30. The van der Waals surface area contributed by atoms with Crippen LogP contribution in [0.4, 0.5) is 0 Å². The summed E-state index contributed by atoms with van der Waals surface area (Å²) in [6.07, 6.45) is 2.30. The highest BCUT2D eigenvalue weighted by atomic mass is 79.9. The van der Waals surface area contributed by atoms with Gasteiger partial charge in [-0.1, -0.05) is 59.6 Å². The van der Waals surface area contributed by atoms with Crippen molar-refractivity contribution in [2.24, 2.45) is 5.73 Å². The van der Waals surface area contributed by atoms with Crippen LogP contribution in [0.1, 0.15) is 30.5 Å². The van der Waals surface area contributed by atoms with Crippen LogP contribution in [0.5, 0.6) is 0 Å². The van der Waals surface area contributed by atoms with Crippen molar-refractivity contribution in [1.82, 2.24) is 0 Å². The molecule has 2 aromatic carbocycles. The first-order valence-electron chi connectivity index (χ1n) is 6.92. The van der Waals surface area contributed by atoms with Crippen LogP contribution in [0.15, 0.2) is 57.9 Å². The average Bonchev–Trinajstić information content (AvgIpc) is 2.45. The Bertz CT molecular complexity index is 556. The normalized spacial score (nSPS) is 12.3. The summed E-state index contributed by atoms with van der Waals surface area (Å²) < 4.78 is 1.11. The summed E-state index contributed by atoms with van der Waals surface area (Å²) in [6, 6.07) is 17.1. The summed E-state index contributed by atoms with van der Waals surface area (Å²) in [5, 5.41) is 0. The zero-order valence-corrected chi connectivity index (χ0v) is 14.1. The van der Waals surface area contributed by atoms with Crippen molar-refractivity contribution in [1.29, 1.82) is 0 Å². The highest BCUT2D eigenvalue weighted by Crippen LogP contribution is 2.26. The maximum atomic E-state index is 6.31. The number of aryl methyl sites for hydroxylation is 1. The molecule has 0 saturated carbocycles. The molecule has 106 valence electrons. The molecule has 0 radical (unpaired) electrons. The van der Waals surface area contributed by atoms with Crippen LogP contribution in [0, 0.1) is 0 Å². The first kappa shape index (κ1) is 15.6. The molecule has 0 aliphatic heterocycles. The summed E-state index contributed by atoms with van der Waals surface area (Å²) in [5.74, 6) is 0.895. The second kappa shape index (κ2) is 7.87. The van der Waals surface area contributed by atoms with E-state index in [1.165, 1.54) is 22.4 Å². The number of rotatable bonds is 6. The van der Waals surface area contributed by atoms with Crippen LogP contribution in [0.25, 0.3) is 0 Å². The fourth-order valence-corrected chi connectivity index (χ4v) is 3.61. The van der Waals surface area contributed by atoms with Gasteiger partial charge >= 0.3 is 0 Å². The Morgan fingerprint density at radius 1 is 1.15 bits per heavy atom. The Balaban J connectivity index is 1.97. The SMILES string of the molecule is CCCc1cccc(C(N)CSc2cccc(Br)c2)c1. The van der Waals surface area contributed by atoms with Crippen molar-refractivity contribution in [3.05, 3.63) is 64.1 Å². The molecule has 1 unspecified atom stereocenters. The Morgan fingerprint density at radius 2 is 1.95 bits per heavy atom. The lowest BCUT2D eigenvalue weighted by Gasteiger charge is -2.13. The number of halogens is 1. The molecule has 2 rings (SSSR count). The van der Waals surface area contributed by atoms with Gasteiger partial charge in [0.2, 0.25) is 0 Å². The average molecular weight is 350 g/mol. The van der Waals surface area contributed by atoms with Crippen LogP contribution in [0.2, 0.25) is 0 Å². The molecule has 3 heteroatoms. The van der Waals surface area contributed by atoms with Gasteiger partial charge in [0, 0.05) is 21.2 Å². The zero-order chi connectivity index (χ0) is 14.4. The Morgan fingerprint density at radius 3 is 2.70 bits per heavy atom. The molecule has 0 fully saturated rings. The third-order valence-corrected chi connectivity index (χ3v) is 4.75. The van der Waals surface area contributed by atoms with E-state index in [2.05, 4.69) is 65.3 Å². The molecule has 0 aliphatic rings. The van der Waals surface area contributed by atoms with Crippen molar-refractivity contribution in [2.45, 2.75) is 30.7 Å². The molecule has 0 bridgehead atoms. The van der Waals surface area contributed by atoms with Crippen LogP contribution in [-0.4, -0.2) is 5.75 Å². The Labute approximate surface area is 134 Å². The molecule has 20 heavy (non-hydrogen) atoms. The summed E-state index contributed by atoms with van der Waals surface area (Å²) in [4.78, 5) is 1.25. The van der Waals surface area contributed by atoms with Gasteiger partial charge in [0.05, 0.1) is 0 Å². The van der Waals surface area contributed by atoms with E-state index < -0.39 is 0 Å². The van der Waals surface area contributed by atoms with Gasteiger partial charge < -0.3 is 5.73 Å². The van der Waals surface area contributed by atoms with Gasteiger partial charge in [0.15, 0.2) is 0 Å². The minimum absolute atomic E-state index is 0.0794. The highest BCUT2D eigenvalue weighted by molar-refractivity contribution is 9.10. The van der Waals surface area contributed by atoms with E-state index in [0.29, 0.717) is 0 Å². The monoisotopic (exact) mass is 349 g/mol. The van der Waals surface area contributed by atoms with Gasteiger partial charge in [-0.05, 0) is 35.7 Å². The van der Waals surface area contributed by atoms with Crippen molar-refractivity contribution in [2.75, 3.05) is 5.75 Å². The van der Waals surface area contributed by atoms with Crippen molar-refractivity contribution in [3.63, 3.8) is 0 Å². The van der Waals surface area contributed by atoms with E-state index in [9.17, 15) is 0 Å². The maximum Gasteiger partial charge on any atom is 0.0390 e. The smallest absolute Gasteiger partial charge is 0.0390 e. The Hall–Kier alpha value is -0.770. The van der Waals surface area contributed by atoms with E-state index >= 15 is 0 Å². The van der Waals surface area contributed by atoms with Gasteiger partial charge in [-0.2, -0.15) is 0 Å². The number of hydrogen-bond acceptors (Lipinski definition) is 2. The van der Waals surface area contributed by atoms with Crippen LogP contribution in [-0.2, 0) is 6.42 Å². The van der Waals surface area contributed by atoms with Gasteiger partial charge in [-0.3, -0.25) is 0 Å². The zero-order valence-electron chi connectivity index (χ0n) is 11.7. The van der Waals surface area contributed by atoms with Crippen molar-refractivity contribution in [3.8, 4) is 0 Å². The topological polar surface area (TPSA) is 26.0 Å². The second-order valence-electron chi connectivity index (χ2n) is 4.87. The quantitative estimate of drug-likeness (QED) is 0.725. The number of thioether (sulfide) groups is 1. The largest absolute Gasteiger partial charge is 0.323 e. The lowest BCUT2D eigenvalue weighted by atomic mass is 10.0. The lowest BCUT2D eigenvalue weighted by molar-refractivity contribution is 0.823. The van der Waals surface area contributed by atoms with Gasteiger partial charge in [0.1, 0.15) is 0 Å². The number of hydrogen-bond donors (Lipinski definition) is 1. The Kier molecular flexibility index (Phi) is 6.14. The second-order valence-corrected chi connectivity index (χ2v) is 6.88. The molecule has 1 nitrogen and oxygen atoms in total. The highest BCUT2D eigenvalue weighted by Gasteiger charge is 2.07. The van der Waals surface area contributed by atoms with E-state index in [1.807, 2.05) is 6.07 Å². The summed E-state index contributed by atoms with van der Waals surface area (Å²) in [6.45, 7) is 2.20. The maximum absolute atomic E-state index is 6.31. The first-order chi connectivity index (χ1) is 9.69. The minimum Gasteiger partial charge on any atom is -0.323 e. The third kappa shape index (κ3) is 4.65. The molecule has 1 atom stereocenters. The van der Waals surface area contributed by atoms with Gasteiger partial charge in [-0.15, -0.1) is 11.8 Å². The first-order valence-corrected chi connectivity index (χ1v) is 8.69. The number of benzene rings is 2. The molecule has 0 saturated heterocycles. The molecule has 2 aromatic rings. The predicted molar refractivity (Wildman–Crippen MR) is 92.2 cm³/mol. The van der Waals surface area contributed by atoms with E-state index in [1.54, 1.807) is 11.8 Å². The fraction of sp³-hybridized carbons (Fsp3) is 0.294. The molecule has 0 aromatic heterocycles. The van der Waals surface area contributed by atoms with Crippen molar-refractivity contribution < 1.29 is 0 Å². The van der Waals surface area contributed by atoms with Crippen LogP contribution >= 0.6 is 27.7 Å². The standard InChI is InChI=1S/C17H20BrNS/c1-2-5-13-6-3-7-14(10-13)17(19)12-20-16-9-4-8-15(18)11-16/h3-4,6-11,17H,2,5,12,19H2,1H3. The van der Waals surface area contributed by atoms with E-state index in [4.69, 9.17) is 5.73 Å². The van der Waals surface area contributed by atoms with Gasteiger partial charge in [0.25, 0.3) is 0 Å². The van der Waals surface area contributed by atoms with E-state index in [-0.39, 0.29) is 6.04 Å². The molecule has 0 heterocycles. The third-order valence-electron chi connectivity index (χ3n) is 3.14. The fourth-order valence-electron chi connectivity index (χ4n) is 2.11. The lowest BCUT2D eigenvalue weighted by Crippen LogP contribution is -2.13. The molecule has 0 spiro atoms. The van der Waals surface area contributed by atoms with Crippen LogP contribution in [0.3, 0.4) is 0 Å². The van der Waals surface area contributed by atoms with Crippen LogP contribution < -0.4 is 5.73 Å². The molecular formula is C17H20BrNS. The predicted octanol–water partition coefficient (Wildman–Crippen LogP) is 5.19. The molecule has 0 aliphatic carbocycles. The summed E-state index contributed by atoms with van der Waals surface area (Å²) in [5.41, 5.74) is 8.93. The molecular weight excluding hydrogens is 330 g/mol. The van der Waals surface area contributed by atoms with Gasteiger partial charge in [-0.25, -0.2) is 0 Å². The van der Waals surface area contributed by atoms with E-state index in [0.717, 1.165) is 16.6 Å².